The van der Waals surface area contributed by atoms with Crippen LogP contribution in [0.2, 0.25) is 0 Å². The monoisotopic (exact) mass is 255 g/mol. The van der Waals surface area contributed by atoms with Gasteiger partial charge in [-0.2, -0.15) is 11.3 Å². The maximum absolute atomic E-state index is 10.2. The molecule has 0 aliphatic carbocycles. The lowest BCUT2D eigenvalue weighted by Gasteiger charge is -2.35. The van der Waals surface area contributed by atoms with Crippen LogP contribution in [0.5, 0.6) is 0 Å². The van der Waals surface area contributed by atoms with Gasteiger partial charge >= 0.3 is 0 Å². The average Bonchev–Trinajstić information content (AvgIpc) is 2.83. The van der Waals surface area contributed by atoms with Crippen molar-refractivity contribution >= 4 is 11.3 Å². The second kappa shape index (κ2) is 6.50. The first-order valence-corrected chi connectivity index (χ1v) is 7.27. The second-order valence-corrected chi connectivity index (χ2v) is 5.39. The Morgan fingerprint density at radius 3 is 3.24 bits per heavy atom. The van der Waals surface area contributed by atoms with Gasteiger partial charge < -0.3 is 9.84 Å². The molecule has 0 saturated carbocycles. The van der Waals surface area contributed by atoms with E-state index in [1.807, 2.05) is 5.38 Å². The fourth-order valence-corrected chi connectivity index (χ4v) is 2.95. The summed E-state index contributed by atoms with van der Waals surface area (Å²) >= 11 is 1.67. The number of nitrogens with zero attached hydrogens (tertiary/aromatic N) is 1. The van der Waals surface area contributed by atoms with Crippen molar-refractivity contribution in [2.75, 3.05) is 26.2 Å². The molecule has 2 atom stereocenters. The smallest absolute Gasteiger partial charge is 0.0964 e. The Morgan fingerprint density at radius 1 is 1.65 bits per heavy atom. The van der Waals surface area contributed by atoms with Crippen molar-refractivity contribution in [3.8, 4) is 0 Å². The molecular weight excluding hydrogens is 234 g/mol. The SMILES string of the molecule is CCCN1CCOC(C(O)Cc2ccsc2)C1. The minimum Gasteiger partial charge on any atom is -0.390 e. The van der Waals surface area contributed by atoms with Crippen LogP contribution in [0, 0.1) is 0 Å². The van der Waals surface area contributed by atoms with E-state index >= 15 is 0 Å². The van der Waals surface area contributed by atoms with E-state index in [-0.39, 0.29) is 12.2 Å². The topological polar surface area (TPSA) is 32.7 Å². The van der Waals surface area contributed by atoms with E-state index in [2.05, 4.69) is 23.3 Å². The van der Waals surface area contributed by atoms with E-state index in [1.165, 1.54) is 5.56 Å². The predicted octanol–water partition coefficient (Wildman–Crippen LogP) is 1.76. The highest BCUT2D eigenvalue weighted by Gasteiger charge is 2.26. The highest BCUT2D eigenvalue weighted by atomic mass is 32.1. The molecule has 0 aromatic carbocycles. The largest absolute Gasteiger partial charge is 0.390 e. The fourth-order valence-electron chi connectivity index (χ4n) is 2.27. The molecule has 2 unspecified atom stereocenters. The first-order valence-electron chi connectivity index (χ1n) is 6.32. The van der Waals surface area contributed by atoms with E-state index in [0.717, 1.165) is 32.7 Å². The highest BCUT2D eigenvalue weighted by molar-refractivity contribution is 7.07. The number of rotatable bonds is 5. The molecule has 4 heteroatoms. The normalized spacial score (nSPS) is 23.8. The zero-order valence-electron chi connectivity index (χ0n) is 10.3. The lowest BCUT2D eigenvalue weighted by molar-refractivity contribution is -0.0877. The van der Waals surface area contributed by atoms with Crippen molar-refractivity contribution in [3.05, 3.63) is 22.4 Å². The number of ether oxygens (including phenoxy) is 1. The van der Waals surface area contributed by atoms with Crippen LogP contribution < -0.4 is 0 Å². The molecule has 1 aliphatic rings. The quantitative estimate of drug-likeness (QED) is 0.870. The van der Waals surface area contributed by atoms with Crippen LogP contribution in [-0.2, 0) is 11.2 Å². The molecule has 3 nitrogen and oxygen atoms in total. The van der Waals surface area contributed by atoms with E-state index < -0.39 is 0 Å². The van der Waals surface area contributed by atoms with E-state index in [1.54, 1.807) is 11.3 Å². The summed E-state index contributed by atoms with van der Waals surface area (Å²) < 4.78 is 5.68. The van der Waals surface area contributed by atoms with E-state index in [4.69, 9.17) is 4.74 Å². The van der Waals surface area contributed by atoms with Gasteiger partial charge in [0.05, 0.1) is 18.8 Å². The van der Waals surface area contributed by atoms with Gasteiger partial charge in [-0.25, -0.2) is 0 Å². The molecule has 0 spiro atoms. The molecule has 1 aromatic heterocycles. The van der Waals surface area contributed by atoms with Crippen molar-refractivity contribution in [2.24, 2.45) is 0 Å². The standard InChI is InChI=1S/C13H21NO2S/c1-2-4-14-5-6-16-13(9-14)12(15)8-11-3-7-17-10-11/h3,7,10,12-13,15H,2,4-6,8-9H2,1H3. The third kappa shape index (κ3) is 3.78. The maximum Gasteiger partial charge on any atom is 0.0964 e. The number of aliphatic hydroxyl groups is 1. The Balaban J connectivity index is 1.84. The molecule has 0 amide bonds. The third-order valence-electron chi connectivity index (χ3n) is 3.17. The van der Waals surface area contributed by atoms with Crippen molar-refractivity contribution in [2.45, 2.75) is 32.0 Å². The van der Waals surface area contributed by atoms with Crippen LogP contribution in [0.25, 0.3) is 0 Å². The first kappa shape index (κ1) is 13.0. The summed E-state index contributed by atoms with van der Waals surface area (Å²) in [5, 5.41) is 14.3. The van der Waals surface area contributed by atoms with Gasteiger partial charge in [-0.3, -0.25) is 4.90 Å². The molecule has 1 N–H and O–H groups in total. The summed E-state index contributed by atoms with van der Waals surface area (Å²) in [5.74, 6) is 0. The van der Waals surface area contributed by atoms with Crippen LogP contribution in [0.3, 0.4) is 0 Å². The minimum absolute atomic E-state index is 0.0322. The minimum atomic E-state index is -0.385. The van der Waals surface area contributed by atoms with Gasteiger partial charge in [0.25, 0.3) is 0 Å². The molecule has 2 rings (SSSR count). The van der Waals surface area contributed by atoms with Crippen LogP contribution in [0.15, 0.2) is 16.8 Å². The maximum atomic E-state index is 10.2. The van der Waals surface area contributed by atoms with Crippen molar-refractivity contribution in [1.29, 1.82) is 0 Å². The van der Waals surface area contributed by atoms with E-state index in [9.17, 15) is 5.11 Å². The Kier molecular flexibility index (Phi) is 4.98. The molecule has 1 saturated heterocycles. The number of aliphatic hydroxyl groups excluding tert-OH is 1. The third-order valence-corrected chi connectivity index (χ3v) is 3.90. The number of hydrogen-bond donors (Lipinski definition) is 1. The Labute approximate surface area is 107 Å². The summed E-state index contributed by atoms with van der Waals surface area (Å²) in [6.07, 6.45) is 1.45. The highest BCUT2D eigenvalue weighted by Crippen LogP contribution is 2.15. The van der Waals surface area contributed by atoms with Crippen molar-refractivity contribution in [3.63, 3.8) is 0 Å². The van der Waals surface area contributed by atoms with Gasteiger partial charge in [0, 0.05) is 19.5 Å². The lowest BCUT2D eigenvalue weighted by atomic mass is 10.0. The molecule has 1 aliphatic heterocycles. The first-order chi connectivity index (χ1) is 8.29. The number of hydrogen-bond acceptors (Lipinski definition) is 4. The molecule has 1 aromatic rings. The van der Waals surface area contributed by atoms with Crippen LogP contribution in [0.4, 0.5) is 0 Å². The lowest BCUT2D eigenvalue weighted by Crippen LogP contribution is -2.48. The van der Waals surface area contributed by atoms with E-state index in [0.29, 0.717) is 6.42 Å². The molecule has 96 valence electrons. The summed E-state index contributed by atoms with van der Waals surface area (Å²) in [7, 11) is 0. The average molecular weight is 255 g/mol. The summed E-state index contributed by atoms with van der Waals surface area (Å²) in [6, 6.07) is 2.07. The van der Waals surface area contributed by atoms with Gasteiger partial charge in [-0.1, -0.05) is 6.92 Å². The number of thiophene rings is 1. The molecule has 0 bridgehead atoms. The Morgan fingerprint density at radius 2 is 2.53 bits per heavy atom. The summed E-state index contributed by atoms with van der Waals surface area (Å²) in [4.78, 5) is 2.38. The van der Waals surface area contributed by atoms with Gasteiger partial charge in [-0.05, 0) is 35.4 Å². The fraction of sp³-hybridized carbons (Fsp3) is 0.692. The zero-order valence-corrected chi connectivity index (χ0v) is 11.2. The molecule has 17 heavy (non-hydrogen) atoms. The van der Waals surface area contributed by atoms with Gasteiger partial charge in [0.1, 0.15) is 0 Å². The molecule has 2 heterocycles. The number of morpholine rings is 1. The molecule has 1 fully saturated rings. The van der Waals surface area contributed by atoms with Crippen LogP contribution >= 0.6 is 11.3 Å². The van der Waals surface area contributed by atoms with Crippen molar-refractivity contribution < 1.29 is 9.84 Å². The molecular formula is C13H21NO2S. The zero-order chi connectivity index (χ0) is 12.1. The Bertz CT molecular complexity index is 313. The van der Waals surface area contributed by atoms with Gasteiger partial charge in [0.2, 0.25) is 0 Å². The Hall–Kier alpha value is -0.420. The predicted molar refractivity (Wildman–Crippen MR) is 70.5 cm³/mol. The van der Waals surface area contributed by atoms with Crippen molar-refractivity contribution in [1.82, 2.24) is 4.90 Å². The molecule has 0 radical (unpaired) electrons. The summed E-state index contributed by atoms with van der Waals surface area (Å²) in [6.45, 7) is 5.89. The second-order valence-electron chi connectivity index (χ2n) is 4.61. The van der Waals surface area contributed by atoms with Crippen LogP contribution in [-0.4, -0.2) is 48.5 Å². The summed E-state index contributed by atoms with van der Waals surface area (Å²) in [5.41, 5.74) is 1.21. The van der Waals surface area contributed by atoms with Gasteiger partial charge in [-0.15, -0.1) is 0 Å². The van der Waals surface area contributed by atoms with Crippen LogP contribution in [0.1, 0.15) is 18.9 Å². The van der Waals surface area contributed by atoms with Gasteiger partial charge in [0.15, 0.2) is 0 Å².